The molecular formula is C18H28N2O. The molecule has 116 valence electrons. The number of hydrogen-bond donors (Lipinski definition) is 2. The second-order valence-electron chi connectivity index (χ2n) is 6.22. The quantitative estimate of drug-likeness (QED) is 0.783. The first-order chi connectivity index (χ1) is 10.2. The number of hydrogen-bond acceptors (Lipinski definition) is 2. The van der Waals surface area contributed by atoms with Crippen molar-refractivity contribution in [3.05, 3.63) is 29.8 Å². The minimum absolute atomic E-state index is 0.144. The highest BCUT2D eigenvalue weighted by Gasteiger charge is 2.24. The fourth-order valence-electron chi connectivity index (χ4n) is 2.95. The maximum atomic E-state index is 12.3. The van der Waals surface area contributed by atoms with Crippen molar-refractivity contribution in [1.29, 1.82) is 0 Å². The first-order valence-electron chi connectivity index (χ1n) is 8.32. The fourth-order valence-corrected chi connectivity index (χ4v) is 2.95. The number of carbonyl (C=O) groups excluding carboxylic acids is 1. The molecule has 1 heterocycles. The van der Waals surface area contributed by atoms with Crippen LogP contribution in [0.25, 0.3) is 0 Å². The molecule has 3 nitrogen and oxygen atoms in total. The Bertz CT molecular complexity index is 441. The van der Waals surface area contributed by atoms with Gasteiger partial charge in [-0.2, -0.15) is 0 Å². The van der Waals surface area contributed by atoms with Crippen molar-refractivity contribution < 1.29 is 4.79 Å². The van der Waals surface area contributed by atoms with Crippen LogP contribution >= 0.6 is 0 Å². The van der Waals surface area contributed by atoms with E-state index in [0.29, 0.717) is 6.04 Å². The van der Waals surface area contributed by atoms with E-state index in [1.807, 2.05) is 12.1 Å². The monoisotopic (exact) mass is 288 g/mol. The molecule has 2 atom stereocenters. The summed E-state index contributed by atoms with van der Waals surface area (Å²) in [5.41, 5.74) is 2.28. The van der Waals surface area contributed by atoms with Crippen LogP contribution in [-0.2, 0) is 11.2 Å². The highest BCUT2D eigenvalue weighted by atomic mass is 16.1. The predicted octanol–water partition coefficient (Wildman–Crippen LogP) is 3.75. The third kappa shape index (κ3) is 5.16. The number of nitrogens with one attached hydrogen (secondary N) is 2. The van der Waals surface area contributed by atoms with Crippen LogP contribution in [0.1, 0.15) is 51.5 Å². The summed E-state index contributed by atoms with van der Waals surface area (Å²) in [6, 6.07) is 8.77. The van der Waals surface area contributed by atoms with Gasteiger partial charge in [0.25, 0.3) is 0 Å². The topological polar surface area (TPSA) is 41.1 Å². The Kier molecular flexibility index (Phi) is 6.24. The number of amides is 1. The summed E-state index contributed by atoms with van der Waals surface area (Å²) < 4.78 is 0. The van der Waals surface area contributed by atoms with Gasteiger partial charge in [-0.05, 0) is 56.8 Å². The van der Waals surface area contributed by atoms with Gasteiger partial charge < -0.3 is 10.6 Å². The molecule has 21 heavy (non-hydrogen) atoms. The SMILES string of the molecule is CCCCCc1ccc(NC(=O)[C@H]2CCN[C@@H](C)C2)cc1. The molecule has 0 aliphatic carbocycles. The van der Waals surface area contributed by atoms with Gasteiger partial charge in [-0.3, -0.25) is 4.79 Å². The first-order valence-corrected chi connectivity index (χ1v) is 8.32. The zero-order valence-corrected chi connectivity index (χ0v) is 13.3. The van der Waals surface area contributed by atoms with Crippen LogP contribution in [-0.4, -0.2) is 18.5 Å². The second-order valence-corrected chi connectivity index (χ2v) is 6.22. The van der Waals surface area contributed by atoms with Crippen LogP contribution in [0.15, 0.2) is 24.3 Å². The summed E-state index contributed by atoms with van der Waals surface area (Å²) in [5.74, 6) is 0.313. The number of rotatable bonds is 6. The Labute approximate surface area is 128 Å². The average Bonchev–Trinajstić information content (AvgIpc) is 2.49. The maximum Gasteiger partial charge on any atom is 0.227 e. The van der Waals surface area contributed by atoms with Crippen molar-refractivity contribution in [3.63, 3.8) is 0 Å². The number of piperidine rings is 1. The van der Waals surface area contributed by atoms with Crippen LogP contribution in [0.5, 0.6) is 0 Å². The smallest absolute Gasteiger partial charge is 0.227 e. The van der Waals surface area contributed by atoms with E-state index in [9.17, 15) is 4.79 Å². The first kappa shape index (κ1) is 16.0. The Morgan fingerprint density at radius 3 is 2.71 bits per heavy atom. The summed E-state index contributed by atoms with van der Waals surface area (Å²) in [6.07, 6.45) is 6.78. The van der Waals surface area contributed by atoms with E-state index in [1.165, 1.54) is 24.8 Å². The Balaban J connectivity index is 1.83. The lowest BCUT2D eigenvalue weighted by Crippen LogP contribution is -2.40. The van der Waals surface area contributed by atoms with Crippen molar-refractivity contribution in [3.8, 4) is 0 Å². The third-order valence-electron chi connectivity index (χ3n) is 4.28. The van der Waals surface area contributed by atoms with E-state index in [-0.39, 0.29) is 11.8 Å². The highest BCUT2D eigenvalue weighted by molar-refractivity contribution is 5.92. The van der Waals surface area contributed by atoms with E-state index >= 15 is 0 Å². The van der Waals surface area contributed by atoms with Crippen molar-refractivity contribution in [2.75, 3.05) is 11.9 Å². The average molecular weight is 288 g/mol. The van der Waals surface area contributed by atoms with Crippen LogP contribution in [0, 0.1) is 5.92 Å². The van der Waals surface area contributed by atoms with E-state index < -0.39 is 0 Å². The van der Waals surface area contributed by atoms with Gasteiger partial charge in [0.2, 0.25) is 5.91 Å². The molecule has 0 aromatic heterocycles. The largest absolute Gasteiger partial charge is 0.326 e. The summed E-state index contributed by atoms with van der Waals surface area (Å²) in [5, 5.41) is 6.44. The van der Waals surface area contributed by atoms with E-state index in [2.05, 4.69) is 36.6 Å². The lowest BCUT2D eigenvalue weighted by atomic mass is 9.92. The third-order valence-corrected chi connectivity index (χ3v) is 4.28. The van der Waals surface area contributed by atoms with E-state index in [1.54, 1.807) is 0 Å². The number of anilines is 1. The summed E-state index contributed by atoms with van der Waals surface area (Å²) >= 11 is 0. The molecule has 0 radical (unpaired) electrons. The zero-order chi connectivity index (χ0) is 15.1. The van der Waals surface area contributed by atoms with Crippen LogP contribution in [0.3, 0.4) is 0 Å². The molecule has 1 aliphatic rings. The van der Waals surface area contributed by atoms with Gasteiger partial charge in [0.15, 0.2) is 0 Å². The number of unbranched alkanes of at least 4 members (excludes halogenated alkanes) is 2. The zero-order valence-electron chi connectivity index (χ0n) is 13.3. The number of aryl methyl sites for hydroxylation is 1. The van der Waals surface area contributed by atoms with Crippen LogP contribution < -0.4 is 10.6 Å². The number of benzene rings is 1. The lowest BCUT2D eigenvalue weighted by Gasteiger charge is -2.27. The van der Waals surface area contributed by atoms with Crippen molar-refractivity contribution in [1.82, 2.24) is 5.32 Å². The lowest BCUT2D eigenvalue weighted by molar-refractivity contribution is -0.120. The van der Waals surface area contributed by atoms with Crippen molar-refractivity contribution in [2.24, 2.45) is 5.92 Å². The summed E-state index contributed by atoms with van der Waals surface area (Å²) in [6.45, 7) is 5.31. The molecule has 3 heteroatoms. The van der Waals surface area contributed by atoms with Crippen molar-refractivity contribution in [2.45, 2.75) is 58.4 Å². The van der Waals surface area contributed by atoms with Gasteiger partial charge >= 0.3 is 0 Å². The van der Waals surface area contributed by atoms with Crippen LogP contribution in [0.2, 0.25) is 0 Å². The predicted molar refractivity (Wildman–Crippen MR) is 88.5 cm³/mol. The molecule has 1 aromatic carbocycles. The van der Waals surface area contributed by atoms with Gasteiger partial charge in [0.05, 0.1) is 0 Å². The van der Waals surface area contributed by atoms with Gasteiger partial charge in [-0.1, -0.05) is 31.9 Å². The minimum Gasteiger partial charge on any atom is -0.326 e. The molecule has 0 saturated carbocycles. The molecule has 0 unspecified atom stereocenters. The van der Waals surface area contributed by atoms with Gasteiger partial charge in [0, 0.05) is 17.6 Å². The molecule has 0 bridgehead atoms. The molecular weight excluding hydrogens is 260 g/mol. The van der Waals surface area contributed by atoms with Gasteiger partial charge in [-0.15, -0.1) is 0 Å². The van der Waals surface area contributed by atoms with Crippen LogP contribution in [0.4, 0.5) is 5.69 Å². The second kappa shape index (κ2) is 8.18. The Hall–Kier alpha value is -1.35. The number of carbonyl (C=O) groups is 1. The molecule has 1 aromatic rings. The van der Waals surface area contributed by atoms with E-state index in [4.69, 9.17) is 0 Å². The molecule has 1 saturated heterocycles. The summed E-state index contributed by atoms with van der Waals surface area (Å²) in [4.78, 5) is 12.3. The van der Waals surface area contributed by atoms with Gasteiger partial charge in [0.1, 0.15) is 0 Å². The molecule has 1 aliphatic heterocycles. The summed E-state index contributed by atoms with van der Waals surface area (Å²) in [7, 11) is 0. The van der Waals surface area contributed by atoms with Crippen molar-refractivity contribution >= 4 is 11.6 Å². The Morgan fingerprint density at radius 1 is 1.29 bits per heavy atom. The maximum absolute atomic E-state index is 12.3. The minimum atomic E-state index is 0.144. The standard InChI is InChI=1S/C18H28N2O/c1-3-4-5-6-15-7-9-17(10-8-15)20-18(21)16-11-12-19-14(2)13-16/h7-10,14,16,19H,3-6,11-13H2,1-2H3,(H,20,21)/t14-,16-/m0/s1. The Morgan fingerprint density at radius 2 is 2.05 bits per heavy atom. The van der Waals surface area contributed by atoms with Gasteiger partial charge in [-0.25, -0.2) is 0 Å². The normalized spacial score (nSPS) is 22.0. The van der Waals surface area contributed by atoms with E-state index in [0.717, 1.165) is 31.5 Å². The molecule has 1 fully saturated rings. The fraction of sp³-hybridized carbons (Fsp3) is 0.611. The molecule has 2 rings (SSSR count). The highest BCUT2D eigenvalue weighted by Crippen LogP contribution is 2.19. The molecule has 0 spiro atoms. The molecule has 2 N–H and O–H groups in total. The molecule has 1 amide bonds.